The number of para-hydroxylation sites is 1. The zero-order valence-electron chi connectivity index (χ0n) is 13.2. The molecule has 3 rings (SSSR count). The Balaban J connectivity index is 2.22. The molecule has 8 heteroatoms. The number of rotatable bonds is 4. The van der Waals surface area contributed by atoms with Gasteiger partial charge in [0.2, 0.25) is 5.95 Å². The van der Waals surface area contributed by atoms with Crippen molar-refractivity contribution in [2.45, 2.75) is 19.9 Å². The monoisotopic (exact) mass is 328 g/mol. The lowest BCUT2D eigenvalue weighted by atomic mass is 9.94. The molecule has 1 aliphatic rings. The summed E-state index contributed by atoms with van der Waals surface area (Å²) in [5.74, 6) is 0.00806. The van der Waals surface area contributed by atoms with Crippen LogP contribution in [0, 0.1) is 10.1 Å². The van der Waals surface area contributed by atoms with Crippen LogP contribution in [-0.4, -0.2) is 27.1 Å². The van der Waals surface area contributed by atoms with E-state index in [-0.39, 0.29) is 12.3 Å². The number of fused-ring (bicyclic) bond motifs is 1. The van der Waals surface area contributed by atoms with E-state index in [1.54, 1.807) is 49.0 Å². The number of anilines is 1. The Labute approximate surface area is 137 Å². The summed E-state index contributed by atoms with van der Waals surface area (Å²) < 4.78 is 6.85. The topological polar surface area (TPSA) is 99.3 Å². The number of esters is 1. The molecule has 1 aromatic carbocycles. The Bertz CT molecular complexity index is 840. The Kier molecular flexibility index (Phi) is 4.03. The smallest absolute Gasteiger partial charge is 0.338 e. The second-order valence-electron chi connectivity index (χ2n) is 5.26. The van der Waals surface area contributed by atoms with Gasteiger partial charge >= 0.3 is 5.97 Å². The molecular formula is C16H16N4O4. The van der Waals surface area contributed by atoms with E-state index in [0.29, 0.717) is 22.8 Å². The van der Waals surface area contributed by atoms with Crippen molar-refractivity contribution in [3.63, 3.8) is 0 Å². The normalized spacial score (nSPS) is 16.3. The first-order valence-electron chi connectivity index (χ1n) is 7.45. The molecule has 2 heterocycles. The van der Waals surface area contributed by atoms with Crippen molar-refractivity contribution < 1.29 is 14.5 Å². The van der Waals surface area contributed by atoms with Gasteiger partial charge in [-0.3, -0.25) is 10.1 Å². The van der Waals surface area contributed by atoms with Crippen LogP contribution in [0.2, 0.25) is 0 Å². The number of aromatic nitrogens is 2. The van der Waals surface area contributed by atoms with Gasteiger partial charge in [-0.05, 0) is 19.9 Å². The number of hydrogen-bond donors (Lipinski definition) is 1. The largest absolute Gasteiger partial charge is 0.463 e. The number of nitrogens with one attached hydrogen (secondary N) is 1. The van der Waals surface area contributed by atoms with Crippen LogP contribution in [0.3, 0.4) is 0 Å². The maximum absolute atomic E-state index is 12.5. The van der Waals surface area contributed by atoms with Gasteiger partial charge in [-0.1, -0.05) is 12.1 Å². The van der Waals surface area contributed by atoms with Gasteiger partial charge in [0.15, 0.2) is 0 Å². The third-order valence-corrected chi connectivity index (χ3v) is 3.85. The predicted octanol–water partition coefficient (Wildman–Crippen LogP) is 2.64. The van der Waals surface area contributed by atoms with Crippen LogP contribution in [0.4, 0.5) is 11.6 Å². The molecule has 0 bridgehead atoms. The van der Waals surface area contributed by atoms with Crippen LogP contribution in [0.25, 0.3) is 0 Å². The van der Waals surface area contributed by atoms with Gasteiger partial charge in [0.05, 0.1) is 22.7 Å². The minimum atomic E-state index is -0.676. The first-order chi connectivity index (χ1) is 11.5. The minimum Gasteiger partial charge on any atom is -0.463 e. The summed E-state index contributed by atoms with van der Waals surface area (Å²) in [6, 6.07) is 5.69. The number of benzene rings is 1. The second kappa shape index (κ2) is 6.15. The number of allylic oxidation sites excluding steroid dienone is 1. The molecule has 1 aliphatic heterocycles. The van der Waals surface area contributed by atoms with Crippen LogP contribution in [0.1, 0.15) is 25.5 Å². The van der Waals surface area contributed by atoms with Crippen molar-refractivity contribution in [3.8, 4) is 0 Å². The average Bonchev–Trinajstić information content (AvgIpc) is 3.01. The van der Waals surface area contributed by atoms with Gasteiger partial charge in [-0.15, -0.1) is 0 Å². The number of nitro benzene ring substituents is 1. The molecule has 1 atom stereocenters. The summed E-state index contributed by atoms with van der Waals surface area (Å²) >= 11 is 0. The molecule has 24 heavy (non-hydrogen) atoms. The molecule has 0 saturated carbocycles. The Morgan fingerprint density at radius 2 is 2.21 bits per heavy atom. The van der Waals surface area contributed by atoms with E-state index in [4.69, 9.17) is 4.74 Å². The highest BCUT2D eigenvalue weighted by atomic mass is 16.6. The molecule has 0 amide bonds. The summed E-state index contributed by atoms with van der Waals surface area (Å²) in [6.45, 7) is 3.66. The lowest BCUT2D eigenvalue weighted by Gasteiger charge is -2.29. The molecule has 0 spiro atoms. The lowest BCUT2D eigenvalue weighted by molar-refractivity contribution is -0.385. The first kappa shape index (κ1) is 15.7. The number of ether oxygens (including phenoxy) is 1. The molecule has 0 saturated heterocycles. The number of carbonyl (C=O) groups is 1. The van der Waals surface area contributed by atoms with E-state index < -0.39 is 16.9 Å². The fourth-order valence-electron chi connectivity index (χ4n) is 2.86. The Morgan fingerprint density at radius 1 is 1.46 bits per heavy atom. The van der Waals surface area contributed by atoms with Crippen molar-refractivity contribution in [2.24, 2.45) is 0 Å². The fraction of sp³-hybridized carbons (Fsp3) is 0.250. The zero-order valence-corrected chi connectivity index (χ0v) is 13.2. The van der Waals surface area contributed by atoms with Crippen molar-refractivity contribution >= 4 is 17.6 Å². The summed E-state index contributed by atoms with van der Waals surface area (Å²) in [5, 5.41) is 14.5. The van der Waals surface area contributed by atoms with E-state index in [1.807, 2.05) is 0 Å². The van der Waals surface area contributed by atoms with Gasteiger partial charge in [0, 0.05) is 24.2 Å². The van der Waals surface area contributed by atoms with Crippen molar-refractivity contribution in [1.29, 1.82) is 0 Å². The third kappa shape index (κ3) is 2.51. The summed E-state index contributed by atoms with van der Waals surface area (Å²) in [5.41, 5.74) is 1.25. The maximum atomic E-state index is 12.5. The summed E-state index contributed by atoms with van der Waals surface area (Å²) in [4.78, 5) is 27.7. The van der Waals surface area contributed by atoms with E-state index in [0.717, 1.165) is 0 Å². The summed E-state index contributed by atoms with van der Waals surface area (Å²) in [7, 11) is 0. The van der Waals surface area contributed by atoms with E-state index in [1.165, 1.54) is 6.07 Å². The SMILES string of the molecule is CCOC(=O)C1=C(C)Nc2nccn2C1c1ccccc1[N+](=O)[O-]. The van der Waals surface area contributed by atoms with E-state index in [9.17, 15) is 14.9 Å². The molecule has 124 valence electrons. The lowest BCUT2D eigenvalue weighted by Crippen LogP contribution is -2.29. The Morgan fingerprint density at radius 3 is 2.92 bits per heavy atom. The van der Waals surface area contributed by atoms with Crippen LogP contribution >= 0.6 is 0 Å². The highest BCUT2D eigenvalue weighted by Gasteiger charge is 2.36. The van der Waals surface area contributed by atoms with Gasteiger partial charge in [0.1, 0.15) is 6.04 Å². The Hall–Kier alpha value is -3.16. The average molecular weight is 328 g/mol. The first-order valence-corrected chi connectivity index (χ1v) is 7.45. The predicted molar refractivity (Wildman–Crippen MR) is 86.4 cm³/mol. The van der Waals surface area contributed by atoms with Gasteiger partial charge < -0.3 is 14.6 Å². The molecule has 1 unspecified atom stereocenters. The number of nitrogens with zero attached hydrogens (tertiary/aromatic N) is 3. The fourth-order valence-corrected chi connectivity index (χ4v) is 2.86. The number of nitro groups is 1. The van der Waals surface area contributed by atoms with Crippen molar-refractivity contribution in [2.75, 3.05) is 11.9 Å². The number of carbonyl (C=O) groups excluding carboxylic acids is 1. The van der Waals surface area contributed by atoms with Gasteiger partial charge in [-0.2, -0.15) is 0 Å². The van der Waals surface area contributed by atoms with Crippen LogP contribution in [0.15, 0.2) is 47.9 Å². The van der Waals surface area contributed by atoms with Crippen LogP contribution in [0.5, 0.6) is 0 Å². The van der Waals surface area contributed by atoms with Crippen LogP contribution < -0.4 is 5.32 Å². The molecular weight excluding hydrogens is 312 g/mol. The van der Waals surface area contributed by atoms with Crippen LogP contribution in [-0.2, 0) is 9.53 Å². The standard InChI is InChI=1S/C16H16N4O4/c1-3-24-15(21)13-10(2)18-16-17-8-9-19(16)14(13)11-6-4-5-7-12(11)20(22)23/h4-9,14H,3H2,1-2H3,(H,17,18). The minimum absolute atomic E-state index is 0.0568. The maximum Gasteiger partial charge on any atom is 0.338 e. The molecule has 0 radical (unpaired) electrons. The van der Waals surface area contributed by atoms with E-state index in [2.05, 4.69) is 10.3 Å². The zero-order chi connectivity index (χ0) is 17.3. The highest BCUT2D eigenvalue weighted by Crippen LogP contribution is 2.39. The third-order valence-electron chi connectivity index (χ3n) is 3.85. The quantitative estimate of drug-likeness (QED) is 0.526. The number of hydrogen-bond acceptors (Lipinski definition) is 6. The molecule has 0 fully saturated rings. The summed E-state index contributed by atoms with van der Waals surface area (Å²) in [6.07, 6.45) is 3.25. The molecule has 1 N–H and O–H groups in total. The van der Waals surface area contributed by atoms with E-state index >= 15 is 0 Å². The molecule has 1 aromatic heterocycles. The molecule has 0 aliphatic carbocycles. The van der Waals surface area contributed by atoms with Gasteiger partial charge in [0.25, 0.3) is 5.69 Å². The van der Waals surface area contributed by atoms with Gasteiger partial charge in [-0.25, -0.2) is 9.78 Å². The number of imidazole rings is 1. The highest BCUT2D eigenvalue weighted by molar-refractivity contribution is 5.92. The molecule has 2 aromatic rings. The molecule has 8 nitrogen and oxygen atoms in total. The van der Waals surface area contributed by atoms with Crippen molar-refractivity contribution in [1.82, 2.24) is 9.55 Å². The van der Waals surface area contributed by atoms with Crippen molar-refractivity contribution in [3.05, 3.63) is 63.6 Å². The second-order valence-corrected chi connectivity index (χ2v) is 5.26.